The number of fused-ring (bicyclic) bond motifs is 1. The quantitative estimate of drug-likeness (QED) is 0.152. The second kappa shape index (κ2) is 14.7. The molecule has 1 aromatic heterocycles. The molecule has 4 amide bonds. The molecule has 0 unspecified atom stereocenters. The van der Waals surface area contributed by atoms with Crippen molar-refractivity contribution in [1.82, 2.24) is 20.1 Å². The molecule has 1 aliphatic rings. The van der Waals surface area contributed by atoms with Crippen molar-refractivity contribution in [2.24, 2.45) is 11.5 Å². The summed E-state index contributed by atoms with van der Waals surface area (Å²) in [6.45, 7) is 0.498. The molecule has 4 aromatic rings. The number of carbonyl (C=O) groups excluding carboxylic acids is 4. The number of primary amides is 1. The van der Waals surface area contributed by atoms with Crippen LogP contribution >= 0.6 is 0 Å². The highest BCUT2D eigenvalue weighted by Crippen LogP contribution is 2.21. The van der Waals surface area contributed by atoms with E-state index in [9.17, 15) is 24.3 Å². The molecule has 7 N–H and O–H groups in total. The molecule has 1 fully saturated rings. The molecule has 0 spiro atoms. The molecule has 0 bridgehead atoms. The molecule has 11 nitrogen and oxygen atoms in total. The lowest BCUT2D eigenvalue weighted by molar-refractivity contribution is -0.140. The minimum Gasteiger partial charge on any atom is -0.508 e. The molecule has 5 rings (SSSR count). The summed E-state index contributed by atoms with van der Waals surface area (Å²) in [7, 11) is 0. The van der Waals surface area contributed by atoms with Gasteiger partial charge < -0.3 is 36.7 Å². The van der Waals surface area contributed by atoms with Gasteiger partial charge in [-0.1, -0.05) is 60.7 Å². The Morgan fingerprint density at radius 1 is 0.870 bits per heavy atom. The molecule has 1 saturated heterocycles. The van der Waals surface area contributed by atoms with E-state index in [2.05, 4.69) is 10.6 Å². The number of nitrogens with two attached hydrogens (primary N) is 2. The monoisotopic (exact) mass is 624 g/mol. The number of likely N-dealkylation sites (tertiary alicyclic amines) is 1. The first kappa shape index (κ1) is 32.2. The Balaban J connectivity index is 1.33. The molecule has 46 heavy (non-hydrogen) atoms. The molecule has 0 radical (unpaired) electrons. The van der Waals surface area contributed by atoms with Gasteiger partial charge in [-0.05, 0) is 66.5 Å². The van der Waals surface area contributed by atoms with Gasteiger partial charge in [0.1, 0.15) is 17.8 Å². The van der Waals surface area contributed by atoms with Crippen LogP contribution in [0.2, 0.25) is 0 Å². The zero-order chi connectivity index (χ0) is 32.6. The first-order valence-corrected chi connectivity index (χ1v) is 15.5. The number of aromatic nitrogens is 1. The standard InChI is InChI=1S/C35H40N6O5/c36-28(20-24-12-14-27(42)15-13-24)35(46)41-17-6-11-31(41)34(45)39-29(22-40-18-16-25-9-4-5-10-30(25)40)33(44)38-26(21-32(37)43)19-23-7-2-1-3-8-23/h1-5,7-10,12-16,18,26,28-29,31,42H,6,11,17,19-22,36H2,(H2,37,43)(H,38,44)(H,39,45)/t26-,28-,29-,31-/m0/s1. The smallest absolute Gasteiger partial charge is 0.244 e. The minimum absolute atomic E-state index is 0.0718. The van der Waals surface area contributed by atoms with E-state index in [0.29, 0.717) is 25.8 Å². The number of phenols is 1. The predicted octanol–water partition coefficient (Wildman–Crippen LogP) is 2.00. The average Bonchev–Trinajstić information content (AvgIpc) is 3.69. The Morgan fingerprint density at radius 2 is 1.57 bits per heavy atom. The topological polar surface area (TPSA) is 173 Å². The maximum atomic E-state index is 13.9. The second-order valence-corrected chi connectivity index (χ2v) is 11.8. The summed E-state index contributed by atoms with van der Waals surface area (Å²) in [6.07, 6.45) is 3.47. The third kappa shape index (κ3) is 8.10. The van der Waals surface area contributed by atoms with Crippen LogP contribution in [0.25, 0.3) is 10.9 Å². The third-order valence-electron chi connectivity index (χ3n) is 8.36. The van der Waals surface area contributed by atoms with Crippen molar-refractivity contribution >= 4 is 34.5 Å². The molecular weight excluding hydrogens is 584 g/mol. The maximum Gasteiger partial charge on any atom is 0.244 e. The summed E-state index contributed by atoms with van der Waals surface area (Å²) in [5.74, 6) is -1.70. The predicted molar refractivity (Wildman–Crippen MR) is 174 cm³/mol. The van der Waals surface area contributed by atoms with Crippen LogP contribution in [0.15, 0.2) is 91.1 Å². The van der Waals surface area contributed by atoms with Gasteiger partial charge in [0.05, 0.1) is 12.6 Å². The molecule has 11 heteroatoms. The first-order valence-electron chi connectivity index (χ1n) is 15.5. The van der Waals surface area contributed by atoms with Crippen molar-refractivity contribution in [1.29, 1.82) is 0 Å². The van der Waals surface area contributed by atoms with Gasteiger partial charge in [-0.2, -0.15) is 0 Å². The zero-order valence-corrected chi connectivity index (χ0v) is 25.5. The Labute approximate surface area is 267 Å². The molecule has 2 heterocycles. The van der Waals surface area contributed by atoms with Crippen molar-refractivity contribution in [3.8, 4) is 5.75 Å². The lowest BCUT2D eigenvalue weighted by Gasteiger charge is -2.29. The van der Waals surface area contributed by atoms with Crippen molar-refractivity contribution in [3.63, 3.8) is 0 Å². The number of nitrogens with one attached hydrogen (secondary N) is 2. The maximum absolute atomic E-state index is 13.9. The van der Waals surface area contributed by atoms with Gasteiger partial charge in [-0.3, -0.25) is 19.2 Å². The minimum atomic E-state index is -1.02. The number of rotatable bonds is 13. The SMILES string of the molecule is NC(=O)C[C@H](Cc1ccccc1)NC(=O)[C@H](Cn1ccc2ccccc21)NC(=O)[C@@H]1CCCN1C(=O)[C@@H](N)Cc1ccc(O)cc1. The molecule has 0 aliphatic carbocycles. The third-order valence-corrected chi connectivity index (χ3v) is 8.36. The van der Waals surface area contributed by atoms with Crippen LogP contribution in [-0.2, 0) is 38.6 Å². The van der Waals surface area contributed by atoms with Gasteiger partial charge in [-0.25, -0.2) is 0 Å². The van der Waals surface area contributed by atoms with Gasteiger partial charge in [0, 0.05) is 30.7 Å². The summed E-state index contributed by atoms with van der Waals surface area (Å²) in [5.41, 5.74) is 14.4. The normalized spacial score (nSPS) is 16.5. The second-order valence-electron chi connectivity index (χ2n) is 11.8. The van der Waals surface area contributed by atoms with Crippen LogP contribution in [0.1, 0.15) is 30.4 Å². The number of nitrogens with zero attached hydrogens (tertiary/aromatic N) is 2. The summed E-state index contributed by atoms with van der Waals surface area (Å²) >= 11 is 0. The summed E-state index contributed by atoms with van der Waals surface area (Å²) in [4.78, 5) is 54.5. The number of amides is 4. The van der Waals surface area contributed by atoms with E-state index >= 15 is 0 Å². The van der Waals surface area contributed by atoms with Gasteiger partial charge >= 0.3 is 0 Å². The van der Waals surface area contributed by atoms with E-state index in [1.807, 2.05) is 71.4 Å². The Bertz CT molecular complexity index is 1670. The number of phenolic OH excluding ortho intramolecular Hbond substituents is 1. The van der Waals surface area contributed by atoms with Crippen molar-refractivity contribution in [2.75, 3.05) is 6.54 Å². The molecule has 1 aliphatic heterocycles. The van der Waals surface area contributed by atoms with E-state index in [4.69, 9.17) is 11.5 Å². The molecule has 4 atom stereocenters. The summed E-state index contributed by atoms with van der Waals surface area (Å²) < 4.78 is 1.89. The van der Waals surface area contributed by atoms with E-state index in [0.717, 1.165) is 22.0 Å². The van der Waals surface area contributed by atoms with Crippen LogP contribution in [0, 0.1) is 0 Å². The first-order chi connectivity index (χ1) is 22.2. The van der Waals surface area contributed by atoms with Crippen molar-refractivity contribution in [3.05, 3.63) is 102 Å². The Morgan fingerprint density at radius 3 is 2.30 bits per heavy atom. The number of benzene rings is 3. The highest BCUT2D eigenvalue weighted by molar-refractivity contribution is 5.94. The van der Waals surface area contributed by atoms with E-state index in [-0.39, 0.29) is 31.0 Å². The Hall–Kier alpha value is -5.16. The fraction of sp³-hybridized carbons (Fsp3) is 0.314. The number of hydrogen-bond acceptors (Lipinski definition) is 6. The highest BCUT2D eigenvalue weighted by atomic mass is 16.3. The van der Waals surface area contributed by atoms with E-state index < -0.39 is 41.9 Å². The molecule has 3 aromatic carbocycles. The molecule has 240 valence electrons. The number of para-hydroxylation sites is 1. The van der Waals surface area contributed by atoms with Crippen LogP contribution in [-0.4, -0.2) is 68.9 Å². The van der Waals surface area contributed by atoms with Gasteiger partial charge in [0.25, 0.3) is 0 Å². The van der Waals surface area contributed by atoms with Gasteiger partial charge in [-0.15, -0.1) is 0 Å². The van der Waals surface area contributed by atoms with Crippen LogP contribution in [0.5, 0.6) is 5.75 Å². The Kier molecular flexibility index (Phi) is 10.3. The highest BCUT2D eigenvalue weighted by Gasteiger charge is 2.38. The van der Waals surface area contributed by atoms with Crippen LogP contribution in [0.3, 0.4) is 0 Å². The summed E-state index contributed by atoms with van der Waals surface area (Å²) in [6, 6.07) is 22.3. The molecular formula is C35H40N6O5. The fourth-order valence-corrected chi connectivity index (χ4v) is 6.07. The lowest BCUT2D eigenvalue weighted by Crippen LogP contribution is -2.57. The van der Waals surface area contributed by atoms with E-state index in [1.54, 1.807) is 12.1 Å². The van der Waals surface area contributed by atoms with Gasteiger partial charge in [0.2, 0.25) is 23.6 Å². The van der Waals surface area contributed by atoms with Crippen LogP contribution in [0.4, 0.5) is 0 Å². The largest absolute Gasteiger partial charge is 0.508 e. The van der Waals surface area contributed by atoms with Crippen LogP contribution < -0.4 is 22.1 Å². The van der Waals surface area contributed by atoms with Gasteiger partial charge in [0.15, 0.2) is 0 Å². The van der Waals surface area contributed by atoms with Crippen molar-refractivity contribution < 1.29 is 24.3 Å². The summed E-state index contributed by atoms with van der Waals surface area (Å²) in [5, 5.41) is 16.4. The lowest BCUT2D eigenvalue weighted by atomic mass is 10.0. The molecule has 0 saturated carbocycles. The number of hydrogen-bond donors (Lipinski definition) is 5. The van der Waals surface area contributed by atoms with Crippen molar-refractivity contribution in [2.45, 2.75) is 62.8 Å². The number of aromatic hydroxyl groups is 1. The fourth-order valence-electron chi connectivity index (χ4n) is 6.07. The number of carbonyl (C=O) groups is 4. The zero-order valence-electron chi connectivity index (χ0n) is 25.5. The average molecular weight is 625 g/mol. The van der Waals surface area contributed by atoms with E-state index in [1.165, 1.54) is 17.0 Å².